The molecule has 3 unspecified atom stereocenters. The van der Waals surface area contributed by atoms with Crippen molar-refractivity contribution in [2.45, 2.75) is 24.5 Å². The van der Waals surface area contributed by atoms with E-state index in [1.165, 1.54) is 19.3 Å². The first-order chi connectivity index (χ1) is 4.83. The average molecular weight is 156 g/mol. The molecule has 2 aliphatic carbocycles. The van der Waals surface area contributed by atoms with Gasteiger partial charge in [0.05, 0.1) is 5.25 Å². The Labute approximate surface area is 65.6 Å². The van der Waals surface area contributed by atoms with Gasteiger partial charge in [-0.3, -0.25) is 4.79 Å². The van der Waals surface area contributed by atoms with Gasteiger partial charge in [0.2, 0.25) is 0 Å². The lowest BCUT2D eigenvalue weighted by Gasteiger charge is -2.17. The summed E-state index contributed by atoms with van der Waals surface area (Å²) in [5.74, 6) is 1.75. The molecule has 0 aromatic heterocycles. The maximum absolute atomic E-state index is 11.4. The molecule has 2 rings (SSSR count). The van der Waals surface area contributed by atoms with Gasteiger partial charge in [-0.1, -0.05) is 0 Å². The molecule has 1 nitrogen and oxygen atoms in total. The lowest BCUT2D eigenvalue weighted by molar-refractivity contribution is -0.121. The molecule has 2 bridgehead atoms. The molecule has 2 heteroatoms. The van der Waals surface area contributed by atoms with Crippen LogP contribution in [0.5, 0.6) is 0 Å². The van der Waals surface area contributed by atoms with Crippen LogP contribution in [0.3, 0.4) is 0 Å². The molecular formula is C8H12OS. The molecule has 0 aromatic rings. The van der Waals surface area contributed by atoms with Crippen LogP contribution in [0.4, 0.5) is 0 Å². The molecular weight excluding hydrogens is 144 g/mol. The van der Waals surface area contributed by atoms with Gasteiger partial charge < -0.3 is 0 Å². The number of fused-ring (bicyclic) bond motifs is 2. The van der Waals surface area contributed by atoms with E-state index in [1.807, 2.05) is 0 Å². The van der Waals surface area contributed by atoms with Crippen molar-refractivity contribution >= 4 is 17.5 Å². The molecule has 3 atom stereocenters. The van der Waals surface area contributed by atoms with Crippen LogP contribution in [0.2, 0.25) is 0 Å². The summed E-state index contributed by atoms with van der Waals surface area (Å²) in [6.07, 6.45) is 5.75. The van der Waals surface area contributed by atoms with Crippen molar-refractivity contribution in [3.8, 4) is 0 Å². The second kappa shape index (κ2) is 2.26. The zero-order valence-corrected chi connectivity index (χ0v) is 6.99. The van der Waals surface area contributed by atoms with Crippen molar-refractivity contribution in [1.82, 2.24) is 0 Å². The van der Waals surface area contributed by atoms with Crippen molar-refractivity contribution in [2.24, 2.45) is 11.8 Å². The number of carbonyl (C=O) groups excluding carboxylic acids is 1. The van der Waals surface area contributed by atoms with E-state index in [0.29, 0.717) is 17.0 Å². The van der Waals surface area contributed by atoms with Crippen LogP contribution in [0.25, 0.3) is 0 Å². The number of Topliss-reactive ketones (excluding diaryl/α,β-unsaturated/α-hetero) is 1. The Kier molecular flexibility index (Phi) is 1.52. The van der Waals surface area contributed by atoms with Gasteiger partial charge in [0.15, 0.2) is 0 Å². The predicted molar refractivity (Wildman–Crippen MR) is 43.1 cm³/mol. The van der Waals surface area contributed by atoms with Crippen LogP contribution in [0.15, 0.2) is 0 Å². The molecule has 0 radical (unpaired) electrons. The first-order valence-corrected chi connectivity index (χ1v) is 5.18. The van der Waals surface area contributed by atoms with Gasteiger partial charge >= 0.3 is 0 Å². The first-order valence-electron chi connectivity index (χ1n) is 3.89. The third kappa shape index (κ3) is 0.746. The fraction of sp³-hybridized carbons (Fsp3) is 0.875. The van der Waals surface area contributed by atoms with E-state index in [2.05, 4.69) is 6.26 Å². The van der Waals surface area contributed by atoms with Crippen molar-refractivity contribution < 1.29 is 4.79 Å². The summed E-state index contributed by atoms with van der Waals surface area (Å²) in [7, 11) is 0. The molecule has 0 saturated heterocycles. The summed E-state index contributed by atoms with van der Waals surface area (Å²) < 4.78 is 0. The summed E-state index contributed by atoms with van der Waals surface area (Å²) in [4.78, 5) is 11.4. The standard InChI is InChI=1S/C8H12OS/c1-10-8-6-3-2-5(4-6)7(8)9/h5-6,8H,2-4H2,1H3. The maximum atomic E-state index is 11.4. The van der Waals surface area contributed by atoms with Crippen LogP contribution in [0.1, 0.15) is 19.3 Å². The van der Waals surface area contributed by atoms with Gasteiger partial charge in [-0.15, -0.1) is 0 Å². The molecule has 0 amide bonds. The number of hydrogen-bond donors (Lipinski definition) is 0. The lowest BCUT2D eigenvalue weighted by atomic mass is 9.99. The number of rotatable bonds is 1. The van der Waals surface area contributed by atoms with E-state index < -0.39 is 0 Å². The van der Waals surface area contributed by atoms with Gasteiger partial charge in [0, 0.05) is 5.92 Å². The van der Waals surface area contributed by atoms with Crippen LogP contribution in [0, 0.1) is 11.8 Å². The van der Waals surface area contributed by atoms with E-state index in [9.17, 15) is 4.79 Å². The van der Waals surface area contributed by atoms with Crippen LogP contribution < -0.4 is 0 Å². The third-order valence-corrected chi connectivity index (χ3v) is 3.96. The van der Waals surface area contributed by atoms with Crippen molar-refractivity contribution in [3.63, 3.8) is 0 Å². The van der Waals surface area contributed by atoms with Crippen molar-refractivity contribution in [2.75, 3.05) is 6.26 Å². The molecule has 0 aliphatic heterocycles. The second-order valence-corrected chi connectivity index (χ2v) is 4.31. The Bertz CT molecular complexity index is 167. The fourth-order valence-corrected chi connectivity index (χ4v) is 3.38. The normalized spacial score (nSPS) is 44.9. The highest BCUT2D eigenvalue weighted by Gasteiger charge is 2.46. The average Bonchev–Trinajstić information content (AvgIpc) is 2.46. The number of thioether (sulfide) groups is 1. The van der Waals surface area contributed by atoms with E-state index in [1.54, 1.807) is 11.8 Å². The van der Waals surface area contributed by atoms with Gasteiger partial charge in [-0.05, 0) is 31.4 Å². The molecule has 2 fully saturated rings. The minimum Gasteiger partial charge on any atom is -0.298 e. The van der Waals surface area contributed by atoms with Crippen LogP contribution in [-0.4, -0.2) is 17.3 Å². The third-order valence-electron chi connectivity index (χ3n) is 2.84. The molecule has 56 valence electrons. The number of hydrogen-bond acceptors (Lipinski definition) is 2. The minimum absolute atomic E-state index is 0.374. The molecule has 0 N–H and O–H groups in total. The predicted octanol–water partition coefficient (Wildman–Crippen LogP) is 1.72. The fourth-order valence-electron chi connectivity index (χ4n) is 2.32. The zero-order valence-electron chi connectivity index (χ0n) is 6.17. The zero-order chi connectivity index (χ0) is 7.14. The van der Waals surface area contributed by atoms with Gasteiger partial charge in [0.25, 0.3) is 0 Å². The van der Waals surface area contributed by atoms with E-state index >= 15 is 0 Å². The summed E-state index contributed by atoms with van der Waals surface area (Å²) in [6.45, 7) is 0. The minimum atomic E-state index is 0.374. The Hall–Kier alpha value is 0.0200. The highest BCUT2D eigenvalue weighted by atomic mass is 32.2. The first kappa shape index (κ1) is 6.71. The Morgan fingerprint density at radius 2 is 2.30 bits per heavy atom. The molecule has 10 heavy (non-hydrogen) atoms. The summed E-state index contributed by atoms with van der Waals surface area (Å²) in [5, 5.41) is 0.374. The summed E-state index contributed by atoms with van der Waals surface area (Å²) >= 11 is 1.75. The largest absolute Gasteiger partial charge is 0.298 e. The topological polar surface area (TPSA) is 17.1 Å². The van der Waals surface area contributed by atoms with E-state index in [4.69, 9.17) is 0 Å². The lowest BCUT2D eigenvalue weighted by Crippen LogP contribution is -2.23. The van der Waals surface area contributed by atoms with Crippen molar-refractivity contribution in [1.29, 1.82) is 0 Å². The highest BCUT2D eigenvalue weighted by Crippen LogP contribution is 2.46. The number of carbonyl (C=O) groups is 1. The molecule has 0 aromatic carbocycles. The van der Waals surface area contributed by atoms with Gasteiger partial charge in [0.1, 0.15) is 5.78 Å². The maximum Gasteiger partial charge on any atom is 0.149 e. The smallest absolute Gasteiger partial charge is 0.149 e. The highest BCUT2D eigenvalue weighted by molar-refractivity contribution is 8.00. The van der Waals surface area contributed by atoms with Crippen LogP contribution in [-0.2, 0) is 4.79 Å². The SMILES string of the molecule is CSC1C(=O)C2CCC1C2. The molecule has 0 spiro atoms. The second-order valence-electron chi connectivity index (χ2n) is 3.33. The van der Waals surface area contributed by atoms with Gasteiger partial charge in [-0.2, -0.15) is 11.8 Å². The quantitative estimate of drug-likeness (QED) is 0.575. The van der Waals surface area contributed by atoms with Crippen molar-refractivity contribution in [3.05, 3.63) is 0 Å². The Morgan fingerprint density at radius 3 is 2.70 bits per heavy atom. The van der Waals surface area contributed by atoms with E-state index in [-0.39, 0.29) is 0 Å². The molecule has 2 saturated carbocycles. The van der Waals surface area contributed by atoms with E-state index in [0.717, 1.165) is 5.92 Å². The molecule has 0 heterocycles. The summed E-state index contributed by atoms with van der Waals surface area (Å²) in [6, 6.07) is 0. The monoisotopic (exact) mass is 156 g/mol. The van der Waals surface area contributed by atoms with Crippen LogP contribution >= 0.6 is 11.8 Å². The number of ketones is 1. The Morgan fingerprint density at radius 1 is 1.50 bits per heavy atom. The summed E-state index contributed by atoms with van der Waals surface area (Å²) in [5.41, 5.74) is 0. The Balaban J connectivity index is 2.17. The van der Waals surface area contributed by atoms with Gasteiger partial charge in [-0.25, -0.2) is 0 Å². The molecule has 2 aliphatic rings.